The van der Waals surface area contributed by atoms with E-state index in [1.807, 2.05) is 42.5 Å². The molecule has 19 heavy (non-hydrogen) atoms. The molecule has 0 aliphatic rings. The van der Waals surface area contributed by atoms with Crippen LogP contribution >= 0.6 is 39.1 Å². The van der Waals surface area contributed by atoms with Gasteiger partial charge in [-0.05, 0) is 41.9 Å². The van der Waals surface area contributed by atoms with Crippen LogP contribution in [0.4, 0.5) is 0 Å². The third-order valence-electron chi connectivity index (χ3n) is 2.89. The summed E-state index contributed by atoms with van der Waals surface area (Å²) in [5.41, 5.74) is 2.14. The Morgan fingerprint density at radius 3 is 2.53 bits per heavy atom. The van der Waals surface area contributed by atoms with Crippen molar-refractivity contribution in [3.05, 3.63) is 68.1 Å². The maximum Gasteiger partial charge on any atom is 0.0603 e. The summed E-state index contributed by atoms with van der Waals surface area (Å²) in [6, 6.07) is 13.7. The van der Waals surface area contributed by atoms with Crippen LogP contribution in [0, 0.1) is 0 Å². The summed E-state index contributed by atoms with van der Waals surface area (Å²) in [5.74, 6) is 0. The monoisotopic (exact) mass is 357 g/mol. The summed E-state index contributed by atoms with van der Waals surface area (Å²) in [6.45, 7) is 2.91. The third-order valence-corrected chi connectivity index (χ3v) is 4.19. The van der Waals surface area contributed by atoms with Crippen molar-refractivity contribution in [2.24, 2.45) is 0 Å². The van der Waals surface area contributed by atoms with Crippen molar-refractivity contribution in [1.82, 2.24) is 5.32 Å². The Hall–Kier alpha value is -0.540. The number of hydrogen-bond donors (Lipinski definition) is 1. The van der Waals surface area contributed by atoms with E-state index in [4.69, 9.17) is 23.2 Å². The highest BCUT2D eigenvalue weighted by atomic mass is 79.9. The van der Waals surface area contributed by atoms with Gasteiger partial charge in [-0.1, -0.05) is 64.3 Å². The minimum Gasteiger partial charge on any atom is -0.306 e. The van der Waals surface area contributed by atoms with Gasteiger partial charge in [-0.2, -0.15) is 0 Å². The molecule has 0 heterocycles. The van der Waals surface area contributed by atoms with Crippen molar-refractivity contribution < 1.29 is 0 Å². The minimum absolute atomic E-state index is 0.0202. The number of hydrogen-bond acceptors (Lipinski definition) is 1. The molecule has 2 aromatic carbocycles. The SMILES string of the molecule is CCNC(c1ccccc1Cl)c1cc(Cl)ccc1Br. The van der Waals surface area contributed by atoms with E-state index in [0.29, 0.717) is 5.02 Å². The Morgan fingerprint density at radius 2 is 1.84 bits per heavy atom. The molecule has 0 aromatic heterocycles. The molecule has 100 valence electrons. The Balaban J connectivity index is 2.51. The first kappa shape index (κ1) is 14.9. The van der Waals surface area contributed by atoms with Crippen LogP contribution in [0.3, 0.4) is 0 Å². The molecule has 0 saturated heterocycles. The van der Waals surface area contributed by atoms with Crippen LogP contribution < -0.4 is 5.32 Å². The first-order valence-electron chi connectivity index (χ1n) is 6.06. The summed E-state index contributed by atoms with van der Waals surface area (Å²) in [7, 11) is 0. The molecule has 0 fully saturated rings. The third kappa shape index (κ3) is 3.51. The van der Waals surface area contributed by atoms with Crippen molar-refractivity contribution in [1.29, 1.82) is 0 Å². The van der Waals surface area contributed by atoms with Gasteiger partial charge < -0.3 is 5.32 Å². The average molecular weight is 359 g/mol. The molecule has 1 N–H and O–H groups in total. The zero-order valence-electron chi connectivity index (χ0n) is 10.5. The predicted octanol–water partition coefficient (Wildman–Crippen LogP) is 5.45. The molecule has 0 bridgehead atoms. The Bertz CT molecular complexity index is 572. The zero-order valence-corrected chi connectivity index (χ0v) is 13.6. The molecule has 1 unspecified atom stereocenters. The van der Waals surface area contributed by atoms with Gasteiger partial charge in [-0.15, -0.1) is 0 Å². The Morgan fingerprint density at radius 1 is 1.11 bits per heavy atom. The predicted molar refractivity (Wildman–Crippen MR) is 86.1 cm³/mol. The Kier molecular flexibility index (Phi) is 5.28. The fourth-order valence-electron chi connectivity index (χ4n) is 2.04. The van der Waals surface area contributed by atoms with Crippen molar-refractivity contribution in [2.45, 2.75) is 13.0 Å². The minimum atomic E-state index is 0.0202. The number of benzene rings is 2. The zero-order chi connectivity index (χ0) is 13.8. The molecule has 0 aliphatic heterocycles. The molecule has 0 saturated carbocycles. The summed E-state index contributed by atoms with van der Waals surface area (Å²) < 4.78 is 1.02. The second kappa shape index (κ2) is 6.76. The highest BCUT2D eigenvalue weighted by Crippen LogP contribution is 2.33. The van der Waals surface area contributed by atoms with Gasteiger partial charge in [0, 0.05) is 14.5 Å². The molecular formula is C15H14BrCl2N. The van der Waals surface area contributed by atoms with Gasteiger partial charge in [0.25, 0.3) is 0 Å². The van der Waals surface area contributed by atoms with Gasteiger partial charge in [0.2, 0.25) is 0 Å². The van der Waals surface area contributed by atoms with Gasteiger partial charge in [0.05, 0.1) is 6.04 Å². The van der Waals surface area contributed by atoms with Crippen LogP contribution in [-0.4, -0.2) is 6.54 Å². The fourth-order valence-corrected chi connectivity index (χ4v) is 2.94. The van der Waals surface area contributed by atoms with Crippen molar-refractivity contribution in [3.8, 4) is 0 Å². The molecular weight excluding hydrogens is 345 g/mol. The maximum absolute atomic E-state index is 6.31. The van der Waals surface area contributed by atoms with Gasteiger partial charge in [0.15, 0.2) is 0 Å². The van der Waals surface area contributed by atoms with Crippen LogP contribution in [0.1, 0.15) is 24.1 Å². The lowest BCUT2D eigenvalue weighted by Gasteiger charge is -2.21. The molecule has 1 nitrogen and oxygen atoms in total. The van der Waals surface area contributed by atoms with Gasteiger partial charge in [0.1, 0.15) is 0 Å². The average Bonchev–Trinajstić information content (AvgIpc) is 2.40. The topological polar surface area (TPSA) is 12.0 Å². The van der Waals surface area contributed by atoms with Crippen molar-refractivity contribution in [2.75, 3.05) is 6.54 Å². The number of nitrogens with one attached hydrogen (secondary N) is 1. The maximum atomic E-state index is 6.31. The second-order valence-electron chi connectivity index (χ2n) is 4.18. The lowest BCUT2D eigenvalue weighted by Crippen LogP contribution is -2.22. The standard InChI is InChI=1S/C15H14BrCl2N/c1-2-19-15(11-5-3-4-6-14(11)18)12-9-10(17)7-8-13(12)16/h3-9,15,19H,2H2,1H3. The van der Waals surface area contributed by atoms with E-state index in [1.54, 1.807) is 0 Å². The Labute approximate surface area is 132 Å². The summed E-state index contributed by atoms with van der Waals surface area (Å²) in [4.78, 5) is 0. The van der Waals surface area contributed by atoms with E-state index in [1.165, 1.54) is 0 Å². The van der Waals surface area contributed by atoms with Crippen molar-refractivity contribution in [3.63, 3.8) is 0 Å². The molecule has 1 atom stereocenters. The van der Waals surface area contributed by atoms with E-state index in [2.05, 4.69) is 28.2 Å². The first-order valence-corrected chi connectivity index (χ1v) is 7.61. The van der Waals surface area contributed by atoms with E-state index in [-0.39, 0.29) is 6.04 Å². The van der Waals surface area contributed by atoms with Crippen molar-refractivity contribution >= 4 is 39.1 Å². The van der Waals surface area contributed by atoms with Crippen LogP contribution in [0.5, 0.6) is 0 Å². The largest absolute Gasteiger partial charge is 0.306 e. The van der Waals surface area contributed by atoms with Crippen LogP contribution in [0.15, 0.2) is 46.9 Å². The molecule has 0 radical (unpaired) electrons. The summed E-state index contributed by atoms with van der Waals surface area (Å²) >= 11 is 16.0. The van der Waals surface area contributed by atoms with Gasteiger partial charge in [-0.25, -0.2) is 0 Å². The number of halogens is 3. The normalized spacial score (nSPS) is 12.4. The van der Waals surface area contributed by atoms with E-state index in [0.717, 1.165) is 27.2 Å². The van der Waals surface area contributed by atoms with Crippen LogP contribution in [-0.2, 0) is 0 Å². The van der Waals surface area contributed by atoms with E-state index in [9.17, 15) is 0 Å². The highest BCUT2D eigenvalue weighted by molar-refractivity contribution is 9.10. The number of rotatable bonds is 4. The highest BCUT2D eigenvalue weighted by Gasteiger charge is 2.18. The molecule has 0 aliphatic carbocycles. The smallest absolute Gasteiger partial charge is 0.0603 e. The lowest BCUT2D eigenvalue weighted by molar-refractivity contribution is 0.629. The molecule has 0 spiro atoms. The quantitative estimate of drug-likeness (QED) is 0.765. The van der Waals surface area contributed by atoms with Gasteiger partial charge in [-0.3, -0.25) is 0 Å². The second-order valence-corrected chi connectivity index (χ2v) is 5.88. The molecule has 2 rings (SSSR count). The molecule has 2 aromatic rings. The van der Waals surface area contributed by atoms with Crippen LogP contribution in [0.2, 0.25) is 10.0 Å². The summed E-state index contributed by atoms with van der Waals surface area (Å²) in [5, 5.41) is 4.92. The van der Waals surface area contributed by atoms with Gasteiger partial charge >= 0.3 is 0 Å². The van der Waals surface area contributed by atoms with E-state index >= 15 is 0 Å². The molecule has 0 amide bonds. The molecule has 4 heteroatoms. The fraction of sp³-hybridized carbons (Fsp3) is 0.200. The summed E-state index contributed by atoms with van der Waals surface area (Å²) in [6.07, 6.45) is 0. The lowest BCUT2D eigenvalue weighted by atomic mass is 9.98. The van der Waals surface area contributed by atoms with E-state index < -0.39 is 0 Å². The first-order chi connectivity index (χ1) is 9.13. The van der Waals surface area contributed by atoms with Crippen LogP contribution in [0.25, 0.3) is 0 Å².